The zero-order valence-electron chi connectivity index (χ0n) is 9.05. The average Bonchev–Trinajstić information content (AvgIpc) is 2.18. The van der Waals surface area contributed by atoms with Gasteiger partial charge in [-0.25, -0.2) is 0 Å². The third kappa shape index (κ3) is 1.45. The summed E-state index contributed by atoms with van der Waals surface area (Å²) in [6.07, 6.45) is 2.37. The van der Waals surface area contributed by atoms with E-state index < -0.39 is 0 Å². The van der Waals surface area contributed by atoms with Crippen LogP contribution in [0.2, 0.25) is 0 Å². The molecule has 0 bridgehead atoms. The van der Waals surface area contributed by atoms with Gasteiger partial charge in [0.25, 0.3) is 0 Å². The number of aryl methyl sites for hydroxylation is 1. The lowest BCUT2D eigenvalue weighted by Gasteiger charge is -2.27. The van der Waals surface area contributed by atoms with Gasteiger partial charge < -0.3 is 10.1 Å². The summed E-state index contributed by atoms with van der Waals surface area (Å²) in [6.45, 7) is 4.38. The van der Waals surface area contributed by atoms with Crippen molar-refractivity contribution in [1.29, 1.82) is 0 Å². The van der Waals surface area contributed by atoms with E-state index in [2.05, 4.69) is 25.2 Å². The Labute approximate surface area is 85.3 Å². The first-order valence-corrected chi connectivity index (χ1v) is 5.15. The Bertz CT molecular complexity index is 346. The molecule has 0 aromatic heterocycles. The summed E-state index contributed by atoms with van der Waals surface area (Å²) < 4.78 is 5.35. The molecule has 0 saturated carbocycles. The van der Waals surface area contributed by atoms with Crippen LogP contribution in [0.3, 0.4) is 0 Å². The molecule has 0 saturated heterocycles. The molecule has 0 fully saturated rings. The van der Waals surface area contributed by atoms with Gasteiger partial charge in [-0.2, -0.15) is 0 Å². The number of nitrogens with one attached hydrogen (secondary N) is 1. The fraction of sp³-hybridized carbons (Fsp3) is 0.500. The lowest BCUT2D eigenvalue weighted by Crippen LogP contribution is -2.23. The van der Waals surface area contributed by atoms with Gasteiger partial charge in [0, 0.05) is 6.04 Å². The minimum absolute atomic E-state index is 0.554. The minimum Gasteiger partial charge on any atom is -0.495 e. The second kappa shape index (κ2) is 3.52. The fourth-order valence-electron chi connectivity index (χ4n) is 2.06. The molecule has 2 nitrogen and oxygen atoms in total. The van der Waals surface area contributed by atoms with Crippen molar-refractivity contribution in [2.75, 3.05) is 12.4 Å². The summed E-state index contributed by atoms with van der Waals surface area (Å²) in [5.41, 5.74) is 3.98. The smallest absolute Gasteiger partial charge is 0.142 e. The van der Waals surface area contributed by atoms with E-state index in [-0.39, 0.29) is 0 Å². The SMILES string of the molecule is COc1ccc(C)c2c1NC(C)CC2. The van der Waals surface area contributed by atoms with E-state index in [9.17, 15) is 0 Å². The normalized spacial score (nSPS) is 19.8. The van der Waals surface area contributed by atoms with Gasteiger partial charge in [0.05, 0.1) is 12.8 Å². The third-order valence-electron chi connectivity index (χ3n) is 2.95. The van der Waals surface area contributed by atoms with E-state index in [4.69, 9.17) is 4.74 Å². The zero-order chi connectivity index (χ0) is 10.1. The van der Waals surface area contributed by atoms with Crippen LogP contribution in [-0.2, 0) is 6.42 Å². The highest BCUT2D eigenvalue weighted by molar-refractivity contribution is 5.66. The zero-order valence-corrected chi connectivity index (χ0v) is 9.05. The second-order valence-corrected chi connectivity index (χ2v) is 4.02. The van der Waals surface area contributed by atoms with Gasteiger partial charge in [-0.05, 0) is 43.9 Å². The molecule has 1 aromatic carbocycles. The molecular weight excluding hydrogens is 174 g/mol. The third-order valence-corrected chi connectivity index (χ3v) is 2.95. The van der Waals surface area contributed by atoms with Gasteiger partial charge in [-0.15, -0.1) is 0 Å². The summed E-state index contributed by atoms with van der Waals surface area (Å²) >= 11 is 0. The summed E-state index contributed by atoms with van der Waals surface area (Å²) in [6, 6.07) is 4.73. The van der Waals surface area contributed by atoms with Crippen molar-refractivity contribution in [1.82, 2.24) is 0 Å². The Morgan fingerprint density at radius 1 is 1.43 bits per heavy atom. The number of ether oxygens (including phenoxy) is 1. The highest BCUT2D eigenvalue weighted by Gasteiger charge is 2.19. The molecule has 0 spiro atoms. The van der Waals surface area contributed by atoms with Crippen LogP contribution in [0.4, 0.5) is 5.69 Å². The Balaban J connectivity index is 2.49. The number of hydrogen-bond acceptors (Lipinski definition) is 2. The van der Waals surface area contributed by atoms with Crippen molar-refractivity contribution in [2.45, 2.75) is 32.7 Å². The highest BCUT2D eigenvalue weighted by Crippen LogP contribution is 2.35. The van der Waals surface area contributed by atoms with Crippen molar-refractivity contribution in [3.63, 3.8) is 0 Å². The molecule has 1 aliphatic heterocycles. The molecule has 0 amide bonds. The number of rotatable bonds is 1. The number of fused-ring (bicyclic) bond motifs is 1. The van der Waals surface area contributed by atoms with Gasteiger partial charge in [0.15, 0.2) is 0 Å². The monoisotopic (exact) mass is 191 g/mol. The average molecular weight is 191 g/mol. The molecule has 1 heterocycles. The van der Waals surface area contributed by atoms with Crippen molar-refractivity contribution in [2.24, 2.45) is 0 Å². The first-order valence-electron chi connectivity index (χ1n) is 5.15. The lowest BCUT2D eigenvalue weighted by molar-refractivity contribution is 0.414. The molecule has 1 N–H and O–H groups in total. The molecule has 1 atom stereocenters. The highest BCUT2D eigenvalue weighted by atomic mass is 16.5. The minimum atomic E-state index is 0.554. The van der Waals surface area contributed by atoms with Crippen molar-refractivity contribution in [3.8, 4) is 5.75 Å². The molecule has 1 aromatic rings. The van der Waals surface area contributed by atoms with Crippen LogP contribution in [0.25, 0.3) is 0 Å². The van der Waals surface area contributed by atoms with Gasteiger partial charge in [0.2, 0.25) is 0 Å². The van der Waals surface area contributed by atoms with Crippen LogP contribution < -0.4 is 10.1 Å². The first kappa shape index (κ1) is 9.38. The van der Waals surface area contributed by atoms with Crippen LogP contribution in [-0.4, -0.2) is 13.2 Å². The summed E-state index contributed by atoms with van der Waals surface area (Å²) in [4.78, 5) is 0. The Kier molecular flexibility index (Phi) is 2.36. The van der Waals surface area contributed by atoms with E-state index in [1.165, 1.54) is 23.2 Å². The molecular formula is C12H17NO. The number of anilines is 1. The molecule has 1 unspecified atom stereocenters. The Morgan fingerprint density at radius 2 is 2.21 bits per heavy atom. The second-order valence-electron chi connectivity index (χ2n) is 4.02. The molecule has 2 heteroatoms. The van der Waals surface area contributed by atoms with E-state index in [1.54, 1.807) is 7.11 Å². The molecule has 2 rings (SSSR count). The first-order chi connectivity index (χ1) is 6.72. The predicted octanol–water partition coefficient (Wildman–Crippen LogP) is 2.75. The molecule has 14 heavy (non-hydrogen) atoms. The van der Waals surface area contributed by atoms with E-state index in [0.717, 1.165) is 12.2 Å². The molecule has 1 aliphatic rings. The van der Waals surface area contributed by atoms with Gasteiger partial charge >= 0.3 is 0 Å². The van der Waals surface area contributed by atoms with Crippen LogP contribution in [0.15, 0.2) is 12.1 Å². The summed E-state index contributed by atoms with van der Waals surface area (Å²) in [5.74, 6) is 0.970. The molecule has 0 radical (unpaired) electrons. The standard InChI is InChI=1S/C12H17NO/c1-8-4-7-11(14-3)12-10(8)6-5-9(2)13-12/h4,7,9,13H,5-6H2,1-3H3. The lowest BCUT2D eigenvalue weighted by atomic mass is 9.94. The van der Waals surface area contributed by atoms with E-state index in [1.807, 2.05) is 6.07 Å². The number of methoxy groups -OCH3 is 1. The number of benzene rings is 1. The van der Waals surface area contributed by atoms with E-state index in [0.29, 0.717) is 6.04 Å². The van der Waals surface area contributed by atoms with Gasteiger partial charge in [-0.3, -0.25) is 0 Å². The van der Waals surface area contributed by atoms with Crippen LogP contribution in [0.5, 0.6) is 5.75 Å². The maximum absolute atomic E-state index is 5.35. The van der Waals surface area contributed by atoms with Crippen molar-refractivity contribution < 1.29 is 4.74 Å². The molecule has 76 valence electrons. The fourth-order valence-corrected chi connectivity index (χ4v) is 2.06. The predicted molar refractivity (Wildman–Crippen MR) is 59.1 cm³/mol. The topological polar surface area (TPSA) is 21.3 Å². The van der Waals surface area contributed by atoms with Crippen molar-refractivity contribution >= 4 is 5.69 Å². The van der Waals surface area contributed by atoms with Crippen LogP contribution in [0.1, 0.15) is 24.5 Å². The van der Waals surface area contributed by atoms with Gasteiger partial charge in [0.1, 0.15) is 5.75 Å². The summed E-state index contributed by atoms with van der Waals surface area (Å²) in [7, 11) is 1.73. The maximum atomic E-state index is 5.35. The van der Waals surface area contributed by atoms with Crippen molar-refractivity contribution in [3.05, 3.63) is 23.3 Å². The quantitative estimate of drug-likeness (QED) is 0.737. The Hall–Kier alpha value is -1.18. The maximum Gasteiger partial charge on any atom is 0.142 e. The number of hydrogen-bond donors (Lipinski definition) is 1. The van der Waals surface area contributed by atoms with Crippen LogP contribution in [0, 0.1) is 6.92 Å². The largest absolute Gasteiger partial charge is 0.495 e. The Morgan fingerprint density at radius 3 is 2.93 bits per heavy atom. The molecule has 0 aliphatic carbocycles. The van der Waals surface area contributed by atoms with E-state index >= 15 is 0 Å². The van der Waals surface area contributed by atoms with Crippen LogP contribution >= 0.6 is 0 Å². The summed E-state index contributed by atoms with van der Waals surface area (Å²) in [5, 5.41) is 3.50. The van der Waals surface area contributed by atoms with Gasteiger partial charge in [-0.1, -0.05) is 6.07 Å².